The third-order valence-corrected chi connectivity index (χ3v) is 3.82. The van der Waals surface area contributed by atoms with Crippen LogP contribution in [0, 0.1) is 0 Å². The molecule has 0 fully saturated rings. The van der Waals surface area contributed by atoms with Crippen LogP contribution in [0.4, 0.5) is 0 Å². The van der Waals surface area contributed by atoms with Gasteiger partial charge < -0.3 is 19.9 Å². The second-order valence-electron chi connectivity index (χ2n) is 5.64. The number of carbonyl (C=O) groups is 2. The molecule has 2 aromatic carbocycles. The van der Waals surface area contributed by atoms with Crippen LogP contribution in [0.25, 0.3) is 10.8 Å². The topological polar surface area (TPSA) is 84.9 Å². The molecule has 2 N–H and O–H groups in total. The lowest BCUT2D eigenvalue weighted by Gasteiger charge is -2.19. The summed E-state index contributed by atoms with van der Waals surface area (Å²) in [6, 6.07) is 12.8. The number of benzene rings is 2. The van der Waals surface area contributed by atoms with E-state index in [1.807, 2.05) is 42.5 Å². The summed E-state index contributed by atoms with van der Waals surface area (Å²) in [6.45, 7) is 1.16. The molecule has 0 bridgehead atoms. The Morgan fingerprint density at radius 2 is 1.84 bits per heavy atom. The van der Waals surface area contributed by atoms with Crippen molar-refractivity contribution in [2.75, 3.05) is 26.9 Å². The van der Waals surface area contributed by atoms with Crippen molar-refractivity contribution in [1.82, 2.24) is 5.32 Å². The normalized spacial score (nSPS) is 12.0. The lowest BCUT2D eigenvalue weighted by atomic mass is 9.96. The number of hydrogen-bond acceptors (Lipinski definition) is 4. The van der Waals surface area contributed by atoms with Gasteiger partial charge in [0.15, 0.2) is 0 Å². The van der Waals surface area contributed by atoms with Crippen LogP contribution in [0.5, 0.6) is 0 Å². The second kappa shape index (κ2) is 9.76. The maximum Gasteiger partial charge on any atom is 0.305 e. The zero-order valence-electron chi connectivity index (χ0n) is 14.2. The molecule has 134 valence electrons. The number of methoxy groups -OCH3 is 1. The monoisotopic (exact) mass is 345 g/mol. The average molecular weight is 345 g/mol. The fraction of sp³-hybridized carbons (Fsp3) is 0.368. The largest absolute Gasteiger partial charge is 0.481 e. The van der Waals surface area contributed by atoms with Crippen molar-refractivity contribution in [3.63, 3.8) is 0 Å². The molecule has 2 aromatic rings. The lowest BCUT2D eigenvalue weighted by molar-refractivity contribution is -0.137. The van der Waals surface area contributed by atoms with E-state index in [-0.39, 0.29) is 25.4 Å². The molecule has 6 nitrogen and oxygen atoms in total. The van der Waals surface area contributed by atoms with E-state index < -0.39 is 12.0 Å². The molecule has 25 heavy (non-hydrogen) atoms. The molecule has 0 aliphatic heterocycles. The fourth-order valence-corrected chi connectivity index (χ4v) is 2.64. The zero-order valence-corrected chi connectivity index (χ0v) is 14.2. The Kier molecular flexibility index (Phi) is 7.37. The Labute approximate surface area is 146 Å². The average Bonchev–Trinajstić information content (AvgIpc) is 2.60. The van der Waals surface area contributed by atoms with Crippen molar-refractivity contribution in [1.29, 1.82) is 0 Å². The summed E-state index contributed by atoms with van der Waals surface area (Å²) in [5, 5.41) is 14.0. The summed E-state index contributed by atoms with van der Waals surface area (Å²) in [7, 11) is 1.58. The molecule has 1 atom stereocenters. The Morgan fingerprint density at radius 3 is 2.60 bits per heavy atom. The highest BCUT2D eigenvalue weighted by Crippen LogP contribution is 2.26. The van der Waals surface area contributed by atoms with Gasteiger partial charge in [-0.25, -0.2) is 0 Å². The highest BCUT2D eigenvalue weighted by molar-refractivity contribution is 5.87. The number of hydrogen-bond donors (Lipinski definition) is 2. The van der Waals surface area contributed by atoms with Crippen molar-refractivity contribution < 1.29 is 24.2 Å². The number of carbonyl (C=O) groups excluding carboxylic acids is 1. The van der Waals surface area contributed by atoms with E-state index in [1.165, 1.54) is 0 Å². The van der Waals surface area contributed by atoms with Gasteiger partial charge in [-0.15, -0.1) is 0 Å². The maximum absolute atomic E-state index is 12.2. The Morgan fingerprint density at radius 1 is 1.08 bits per heavy atom. The number of amides is 1. The summed E-state index contributed by atoms with van der Waals surface area (Å²) in [4.78, 5) is 23.4. The van der Waals surface area contributed by atoms with Crippen LogP contribution in [0.2, 0.25) is 0 Å². The fourth-order valence-electron chi connectivity index (χ4n) is 2.64. The second-order valence-corrected chi connectivity index (χ2v) is 5.64. The molecule has 0 radical (unpaired) electrons. The van der Waals surface area contributed by atoms with Gasteiger partial charge in [-0.2, -0.15) is 0 Å². The van der Waals surface area contributed by atoms with E-state index in [0.717, 1.165) is 16.3 Å². The first kappa shape index (κ1) is 18.9. The molecule has 0 spiro atoms. The first-order valence-electron chi connectivity index (χ1n) is 8.17. The zero-order chi connectivity index (χ0) is 18.1. The molecule has 2 rings (SSSR count). The Bertz CT molecular complexity index is 711. The van der Waals surface area contributed by atoms with Crippen LogP contribution in [0.1, 0.15) is 24.4 Å². The van der Waals surface area contributed by atoms with E-state index in [0.29, 0.717) is 13.2 Å². The molecular weight excluding hydrogens is 322 g/mol. The number of carboxylic acids is 1. The van der Waals surface area contributed by atoms with Crippen LogP contribution in [-0.2, 0) is 19.1 Å². The van der Waals surface area contributed by atoms with Gasteiger partial charge in [-0.1, -0.05) is 42.5 Å². The summed E-state index contributed by atoms with van der Waals surface area (Å²) >= 11 is 0. The molecule has 0 aliphatic carbocycles. The van der Waals surface area contributed by atoms with Gasteiger partial charge in [-0.05, 0) is 16.3 Å². The molecule has 0 saturated carbocycles. The highest BCUT2D eigenvalue weighted by Gasteiger charge is 2.19. The van der Waals surface area contributed by atoms with Crippen molar-refractivity contribution in [2.24, 2.45) is 0 Å². The number of fused-ring (bicyclic) bond motifs is 1. The number of carboxylic acid groups (broad SMARTS) is 1. The number of ether oxygens (including phenoxy) is 2. The van der Waals surface area contributed by atoms with Crippen molar-refractivity contribution in [2.45, 2.75) is 18.9 Å². The van der Waals surface area contributed by atoms with Crippen molar-refractivity contribution in [3.8, 4) is 0 Å². The first-order chi connectivity index (χ1) is 12.1. The van der Waals surface area contributed by atoms with Crippen LogP contribution in [0.15, 0.2) is 42.5 Å². The van der Waals surface area contributed by atoms with E-state index in [4.69, 9.17) is 9.47 Å². The minimum Gasteiger partial charge on any atom is -0.481 e. The Balaban J connectivity index is 2.08. The highest BCUT2D eigenvalue weighted by atomic mass is 16.5. The molecule has 0 aliphatic rings. The Hall–Kier alpha value is -2.44. The third kappa shape index (κ3) is 5.85. The lowest BCUT2D eigenvalue weighted by Crippen LogP contribution is -2.31. The van der Waals surface area contributed by atoms with Crippen molar-refractivity contribution in [3.05, 3.63) is 48.0 Å². The van der Waals surface area contributed by atoms with E-state index >= 15 is 0 Å². The molecule has 0 heterocycles. The molecular formula is C19H23NO5. The smallest absolute Gasteiger partial charge is 0.305 e. The molecule has 0 aromatic heterocycles. The van der Waals surface area contributed by atoms with E-state index in [1.54, 1.807) is 7.11 Å². The van der Waals surface area contributed by atoms with Gasteiger partial charge in [-0.3, -0.25) is 9.59 Å². The number of aliphatic carboxylic acids is 1. The van der Waals surface area contributed by atoms with Gasteiger partial charge in [0.1, 0.15) is 0 Å². The summed E-state index contributed by atoms with van der Waals surface area (Å²) < 4.78 is 10.1. The number of nitrogens with one attached hydrogen (secondary N) is 1. The third-order valence-electron chi connectivity index (χ3n) is 3.82. The summed E-state index contributed by atoms with van der Waals surface area (Å²) in [5.41, 5.74) is 0.800. The minimum atomic E-state index is -0.963. The van der Waals surface area contributed by atoms with Gasteiger partial charge in [0.2, 0.25) is 5.91 Å². The van der Waals surface area contributed by atoms with E-state index in [9.17, 15) is 14.7 Å². The van der Waals surface area contributed by atoms with Crippen LogP contribution in [-0.4, -0.2) is 43.9 Å². The molecule has 0 unspecified atom stereocenters. The first-order valence-corrected chi connectivity index (χ1v) is 8.17. The predicted octanol–water partition coefficient (Wildman–Crippen LogP) is 2.52. The quantitative estimate of drug-likeness (QED) is 0.646. The maximum atomic E-state index is 12.2. The van der Waals surface area contributed by atoms with Gasteiger partial charge in [0.25, 0.3) is 0 Å². The number of rotatable bonds is 10. The molecule has 1 amide bonds. The van der Waals surface area contributed by atoms with Crippen LogP contribution in [0.3, 0.4) is 0 Å². The van der Waals surface area contributed by atoms with E-state index in [2.05, 4.69) is 5.32 Å². The van der Waals surface area contributed by atoms with Crippen LogP contribution < -0.4 is 5.32 Å². The van der Waals surface area contributed by atoms with Gasteiger partial charge in [0, 0.05) is 13.5 Å². The van der Waals surface area contributed by atoms with Crippen molar-refractivity contribution >= 4 is 22.6 Å². The SMILES string of the molecule is COCCOCCC(=O)N[C@H](CC(=O)O)c1cccc2ccccc12. The summed E-state index contributed by atoms with van der Waals surface area (Å²) in [6.07, 6.45) is -0.00508. The molecule has 6 heteroatoms. The summed E-state index contributed by atoms with van der Waals surface area (Å²) in [5.74, 6) is -1.20. The predicted molar refractivity (Wildman–Crippen MR) is 94.4 cm³/mol. The standard InChI is InChI=1S/C19H23NO5/c1-24-11-12-25-10-9-18(21)20-17(13-19(22)23)16-8-4-6-14-5-2-3-7-15(14)16/h2-8,17H,9-13H2,1H3,(H,20,21)(H,22,23)/t17-/m1/s1. The minimum absolute atomic E-state index is 0.171. The van der Waals surface area contributed by atoms with Gasteiger partial charge in [0.05, 0.1) is 32.3 Å². The van der Waals surface area contributed by atoms with Crippen LogP contribution >= 0.6 is 0 Å². The molecule has 0 saturated heterocycles. The van der Waals surface area contributed by atoms with Gasteiger partial charge >= 0.3 is 5.97 Å².